The summed E-state index contributed by atoms with van der Waals surface area (Å²) in [5, 5.41) is 0. The Hall–Kier alpha value is -0.0700. The molecule has 0 nitrogen and oxygen atoms in total. The summed E-state index contributed by atoms with van der Waals surface area (Å²) in [6.45, 7) is 4.52. The highest BCUT2D eigenvalue weighted by Crippen LogP contribution is 2.40. The summed E-state index contributed by atoms with van der Waals surface area (Å²) in [5.41, 5.74) is 0.470. The maximum atomic E-state index is 12.8. The lowest BCUT2D eigenvalue weighted by Gasteiger charge is -2.34. The highest BCUT2D eigenvalue weighted by atomic mass is 19.1. The zero-order chi connectivity index (χ0) is 8.32. The number of hydrogen-bond acceptors (Lipinski definition) is 0. The molecule has 0 aromatic carbocycles. The third kappa shape index (κ3) is 2.46. The first-order valence-electron chi connectivity index (χ1n) is 4.80. The van der Waals surface area contributed by atoms with E-state index < -0.39 is 6.17 Å². The lowest BCUT2D eigenvalue weighted by Crippen LogP contribution is -2.24. The Balaban J connectivity index is 2.35. The second-order valence-electron chi connectivity index (χ2n) is 4.24. The summed E-state index contributed by atoms with van der Waals surface area (Å²) in [4.78, 5) is 0. The minimum Gasteiger partial charge on any atom is -0.247 e. The molecule has 0 heterocycles. The standard InChI is InChI=1S/C10H19F/c1-3-6-10(2)7-4-9(11)5-8-10/h9H,3-8H2,1-2H3. The molecule has 1 aliphatic rings. The number of halogens is 1. The van der Waals surface area contributed by atoms with Gasteiger partial charge in [-0.1, -0.05) is 20.3 Å². The fourth-order valence-electron chi connectivity index (χ4n) is 2.13. The van der Waals surface area contributed by atoms with Crippen molar-refractivity contribution in [1.82, 2.24) is 0 Å². The van der Waals surface area contributed by atoms with Gasteiger partial charge in [-0.05, 0) is 37.5 Å². The minimum atomic E-state index is -0.500. The zero-order valence-corrected chi connectivity index (χ0v) is 7.70. The van der Waals surface area contributed by atoms with Crippen LogP contribution in [0.15, 0.2) is 0 Å². The maximum absolute atomic E-state index is 12.8. The van der Waals surface area contributed by atoms with Gasteiger partial charge < -0.3 is 0 Å². The Labute approximate surface area is 69.2 Å². The molecule has 0 aromatic heterocycles. The van der Waals surface area contributed by atoms with Crippen LogP contribution >= 0.6 is 0 Å². The molecular weight excluding hydrogens is 139 g/mol. The maximum Gasteiger partial charge on any atom is 0.100 e. The minimum absolute atomic E-state index is 0.470. The highest BCUT2D eigenvalue weighted by molar-refractivity contribution is 4.81. The summed E-state index contributed by atoms with van der Waals surface area (Å²) in [6, 6.07) is 0. The first kappa shape index (κ1) is 9.02. The van der Waals surface area contributed by atoms with Crippen LogP contribution in [-0.4, -0.2) is 6.17 Å². The number of alkyl halides is 1. The molecule has 0 unspecified atom stereocenters. The fraction of sp³-hybridized carbons (Fsp3) is 1.00. The third-order valence-electron chi connectivity index (χ3n) is 2.98. The van der Waals surface area contributed by atoms with E-state index in [2.05, 4.69) is 13.8 Å². The van der Waals surface area contributed by atoms with E-state index in [0.717, 1.165) is 25.7 Å². The molecule has 0 aromatic rings. The van der Waals surface area contributed by atoms with E-state index in [1.165, 1.54) is 12.8 Å². The summed E-state index contributed by atoms with van der Waals surface area (Å²) >= 11 is 0. The van der Waals surface area contributed by atoms with Crippen LogP contribution in [0.25, 0.3) is 0 Å². The monoisotopic (exact) mass is 158 g/mol. The first-order valence-corrected chi connectivity index (χ1v) is 4.80. The van der Waals surface area contributed by atoms with Crippen molar-refractivity contribution in [2.24, 2.45) is 5.41 Å². The van der Waals surface area contributed by atoms with Crippen molar-refractivity contribution in [2.45, 2.75) is 58.5 Å². The van der Waals surface area contributed by atoms with E-state index in [9.17, 15) is 4.39 Å². The number of hydrogen-bond donors (Lipinski definition) is 0. The smallest absolute Gasteiger partial charge is 0.100 e. The van der Waals surface area contributed by atoms with Gasteiger partial charge in [0, 0.05) is 0 Å². The van der Waals surface area contributed by atoms with Gasteiger partial charge in [-0.3, -0.25) is 0 Å². The predicted octanol–water partition coefficient (Wildman–Crippen LogP) is 3.70. The van der Waals surface area contributed by atoms with Gasteiger partial charge in [0.1, 0.15) is 6.17 Å². The van der Waals surface area contributed by atoms with Crippen molar-refractivity contribution in [3.8, 4) is 0 Å². The predicted molar refractivity (Wildman–Crippen MR) is 46.4 cm³/mol. The second-order valence-corrected chi connectivity index (χ2v) is 4.24. The molecule has 0 N–H and O–H groups in total. The van der Waals surface area contributed by atoms with Crippen molar-refractivity contribution in [3.63, 3.8) is 0 Å². The van der Waals surface area contributed by atoms with Crippen LogP contribution in [0.4, 0.5) is 4.39 Å². The van der Waals surface area contributed by atoms with Crippen molar-refractivity contribution in [1.29, 1.82) is 0 Å². The average molecular weight is 158 g/mol. The molecule has 0 atom stereocenters. The molecule has 0 saturated heterocycles. The van der Waals surface area contributed by atoms with Gasteiger partial charge in [-0.2, -0.15) is 0 Å². The van der Waals surface area contributed by atoms with E-state index in [1.807, 2.05) is 0 Å². The quantitative estimate of drug-likeness (QED) is 0.574. The second kappa shape index (κ2) is 3.55. The van der Waals surface area contributed by atoms with Gasteiger partial charge in [0.2, 0.25) is 0 Å². The Morgan fingerprint density at radius 2 is 1.91 bits per heavy atom. The van der Waals surface area contributed by atoms with Crippen LogP contribution in [-0.2, 0) is 0 Å². The normalized spacial score (nSPS) is 39.0. The van der Waals surface area contributed by atoms with E-state index in [0.29, 0.717) is 5.41 Å². The molecule has 0 amide bonds. The molecule has 0 bridgehead atoms. The molecule has 1 heteroatoms. The van der Waals surface area contributed by atoms with Crippen LogP contribution in [0, 0.1) is 5.41 Å². The molecule has 66 valence electrons. The summed E-state index contributed by atoms with van der Waals surface area (Å²) in [7, 11) is 0. The Morgan fingerprint density at radius 3 is 2.36 bits per heavy atom. The molecular formula is C10H19F. The van der Waals surface area contributed by atoms with E-state index in [4.69, 9.17) is 0 Å². The summed E-state index contributed by atoms with van der Waals surface area (Å²) in [5.74, 6) is 0. The number of rotatable bonds is 2. The summed E-state index contributed by atoms with van der Waals surface area (Å²) < 4.78 is 12.8. The molecule has 1 rings (SSSR count). The van der Waals surface area contributed by atoms with Gasteiger partial charge in [0.05, 0.1) is 0 Å². The Morgan fingerprint density at radius 1 is 1.36 bits per heavy atom. The van der Waals surface area contributed by atoms with Crippen molar-refractivity contribution < 1.29 is 4.39 Å². The SMILES string of the molecule is CCCC1(C)CCC(F)CC1. The molecule has 1 aliphatic carbocycles. The lowest BCUT2D eigenvalue weighted by molar-refractivity contribution is 0.127. The van der Waals surface area contributed by atoms with Gasteiger partial charge in [-0.25, -0.2) is 4.39 Å². The summed E-state index contributed by atoms with van der Waals surface area (Å²) in [6.07, 6.45) is 5.82. The van der Waals surface area contributed by atoms with Crippen molar-refractivity contribution >= 4 is 0 Å². The van der Waals surface area contributed by atoms with Crippen LogP contribution < -0.4 is 0 Å². The van der Waals surface area contributed by atoms with Gasteiger partial charge in [0.25, 0.3) is 0 Å². The van der Waals surface area contributed by atoms with Gasteiger partial charge in [-0.15, -0.1) is 0 Å². The van der Waals surface area contributed by atoms with Gasteiger partial charge in [0.15, 0.2) is 0 Å². The van der Waals surface area contributed by atoms with Crippen LogP contribution in [0.1, 0.15) is 52.4 Å². The topological polar surface area (TPSA) is 0 Å². The molecule has 1 saturated carbocycles. The lowest BCUT2D eigenvalue weighted by atomic mass is 9.72. The Bertz CT molecular complexity index is 112. The van der Waals surface area contributed by atoms with E-state index in [1.54, 1.807) is 0 Å². The highest BCUT2D eigenvalue weighted by Gasteiger charge is 2.29. The van der Waals surface area contributed by atoms with Crippen LogP contribution in [0.5, 0.6) is 0 Å². The first-order chi connectivity index (χ1) is 5.16. The molecule has 0 spiro atoms. The van der Waals surface area contributed by atoms with Crippen LogP contribution in [0.3, 0.4) is 0 Å². The van der Waals surface area contributed by atoms with E-state index >= 15 is 0 Å². The Kier molecular flexibility index (Phi) is 2.91. The van der Waals surface area contributed by atoms with Crippen molar-refractivity contribution in [3.05, 3.63) is 0 Å². The largest absolute Gasteiger partial charge is 0.247 e. The molecule has 0 radical (unpaired) electrons. The van der Waals surface area contributed by atoms with Gasteiger partial charge >= 0.3 is 0 Å². The molecule has 11 heavy (non-hydrogen) atoms. The zero-order valence-electron chi connectivity index (χ0n) is 7.70. The van der Waals surface area contributed by atoms with Crippen molar-refractivity contribution in [2.75, 3.05) is 0 Å². The third-order valence-corrected chi connectivity index (χ3v) is 2.98. The fourth-order valence-corrected chi connectivity index (χ4v) is 2.13. The molecule has 1 fully saturated rings. The average Bonchev–Trinajstić information content (AvgIpc) is 1.97. The van der Waals surface area contributed by atoms with E-state index in [-0.39, 0.29) is 0 Å². The van der Waals surface area contributed by atoms with Crippen LogP contribution in [0.2, 0.25) is 0 Å². The molecule has 0 aliphatic heterocycles.